The molecule has 142 valence electrons. The Kier molecular flexibility index (Phi) is 5.46. The van der Waals surface area contributed by atoms with Crippen LogP contribution in [0.4, 0.5) is 18.9 Å². The summed E-state index contributed by atoms with van der Waals surface area (Å²) in [6, 6.07) is 7.97. The second-order valence-electron chi connectivity index (χ2n) is 6.35. The van der Waals surface area contributed by atoms with Gasteiger partial charge < -0.3 is 15.3 Å². The summed E-state index contributed by atoms with van der Waals surface area (Å²) in [5.74, 6) is -3.64. The van der Waals surface area contributed by atoms with Gasteiger partial charge in [0.15, 0.2) is 0 Å². The van der Waals surface area contributed by atoms with Gasteiger partial charge >= 0.3 is 0 Å². The number of hydrogen-bond acceptors (Lipinski definition) is 3. The number of aliphatic hydroxyl groups excluding tert-OH is 1. The summed E-state index contributed by atoms with van der Waals surface area (Å²) in [4.78, 5) is 25.6. The minimum Gasteiger partial charge on any atom is -0.387 e. The monoisotopic (exact) mass is 378 g/mol. The van der Waals surface area contributed by atoms with E-state index in [1.807, 2.05) is 0 Å². The van der Waals surface area contributed by atoms with E-state index in [0.29, 0.717) is 11.6 Å². The van der Waals surface area contributed by atoms with Gasteiger partial charge in [0.25, 0.3) is 0 Å². The normalized spacial score (nSPS) is 17.9. The van der Waals surface area contributed by atoms with Gasteiger partial charge in [-0.25, -0.2) is 13.2 Å². The number of halogens is 3. The van der Waals surface area contributed by atoms with Crippen molar-refractivity contribution in [3.63, 3.8) is 0 Å². The number of carbonyl (C=O) groups is 2. The van der Waals surface area contributed by atoms with Crippen LogP contribution in [0, 0.1) is 23.4 Å². The number of rotatable bonds is 5. The molecule has 2 N–H and O–H groups in total. The van der Waals surface area contributed by atoms with Crippen molar-refractivity contribution in [1.29, 1.82) is 0 Å². The molecule has 2 aromatic rings. The second-order valence-corrected chi connectivity index (χ2v) is 6.35. The van der Waals surface area contributed by atoms with Gasteiger partial charge in [0.1, 0.15) is 17.5 Å². The summed E-state index contributed by atoms with van der Waals surface area (Å²) in [6.45, 7) is -0.121. The van der Waals surface area contributed by atoms with Crippen molar-refractivity contribution in [3.8, 4) is 0 Å². The van der Waals surface area contributed by atoms with Gasteiger partial charge in [-0.2, -0.15) is 0 Å². The van der Waals surface area contributed by atoms with Crippen molar-refractivity contribution in [3.05, 3.63) is 65.5 Å². The third-order valence-electron chi connectivity index (χ3n) is 4.38. The van der Waals surface area contributed by atoms with E-state index >= 15 is 0 Å². The minimum atomic E-state index is -1.03. The molecule has 1 aliphatic rings. The number of nitrogens with one attached hydrogen (secondary N) is 1. The highest BCUT2D eigenvalue weighted by atomic mass is 19.1. The molecule has 1 saturated heterocycles. The second kappa shape index (κ2) is 7.79. The zero-order chi connectivity index (χ0) is 19.6. The van der Waals surface area contributed by atoms with Gasteiger partial charge in [-0.15, -0.1) is 0 Å². The molecule has 8 heteroatoms. The summed E-state index contributed by atoms with van der Waals surface area (Å²) in [5.41, 5.74) is 0.496. The molecule has 5 nitrogen and oxygen atoms in total. The molecule has 1 fully saturated rings. The topological polar surface area (TPSA) is 69.6 Å². The van der Waals surface area contributed by atoms with Crippen LogP contribution in [0.15, 0.2) is 42.5 Å². The average molecular weight is 378 g/mol. The third kappa shape index (κ3) is 4.46. The van der Waals surface area contributed by atoms with Crippen LogP contribution < -0.4 is 10.2 Å². The number of nitrogens with zero attached hydrogens (tertiary/aromatic N) is 1. The molecule has 2 aromatic carbocycles. The van der Waals surface area contributed by atoms with Crippen LogP contribution in [0.2, 0.25) is 0 Å². The van der Waals surface area contributed by atoms with Crippen LogP contribution in [0.3, 0.4) is 0 Å². The Balaban J connectivity index is 1.59. The van der Waals surface area contributed by atoms with E-state index in [1.54, 1.807) is 0 Å². The summed E-state index contributed by atoms with van der Waals surface area (Å²) in [7, 11) is 0. The molecular weight excluding hydrogens is 361 g/mol. The molecule has 2 atom stereocenters. The molecule has 3 rings (SSSR count). The molecule has 0 aromatic heterocycles. The zero-order valence-electron chi connectivity index (χ0n) is 14.2. The van der Waals surface area contributed by atoms with E-state index in [0.717, 1.165) is 17.0 Å². The van der Waals surface area contributed by atoms with Crippen molar-refractivity contribution >= 4 is 17.5 Å². The lowest BCUT2D eigenvalue weighted by Crippen LogP contribution is -2.35. The van der Waals surface area contributed by atoms with E-state index in [2.05, 4.69) is 5.32 Å². The highest BCUT2D eigenvalue weighted by Crippen LogP contribution is 2.26. The predicted molar refractivity (Wildman–Crippen MR) is 91.2 cm³/mol. The Hall–Kier alpha value is -2.87. The Morgan fingerprint density at radius 2 is 1.74 bits per heavy atom. The quantitative estimate of drug-likeness (QED) is 0.839. The van der Waals surface area contributed by atoms with Gasteiger partial charge in [-0.1, -0.05) is 12.1 Å². The first kappa shape index (κ1) is 18.9. The molecule has 27 heavy (non-hydrogen) atoms. The Labute approximate surface area is 153 Å². The Bertz CT molecular complexity index is 838. The highest BCUT2D eigenvalue weighted by molar-refractivity contribution is 6.00. The van der Waals surface area contributed by atoms with Gasteiger partial charge in [-0.3, -0.25) is 9.59 Å². The largest absolute Gasteiger partial charge is 0.387 e. The standard InChI is InChI=1S/C19H17F3N2O3/c20-13-3-1-11(2-4-13)17(25)9-23-19(27)12-5-18(26)24(10-12)16-7-14(21)6-15(22)8-16/h1-4,6-8,12,17,25H,5,9-10H2,(H,23,27). The fourth-order valence-electron chi connectivity index (χ4n) is 2.97. The molecule has 0 saturated carbocycles. The SMILES string of the molecule is O=C(NCC(O)c1ccc(F)cc1)C1CC(=O)N(c2cc(F)cc(F)c2)C1. The van der Waals surface area contributed by atoms with Crippen LogP contribution in [-0.2, 0) is 9.59 Å². The lowest BCUT2D eigenvalue weighted by molar-refractivity contribution is -0.126. The van der Waals surface area contributed by atoms with Crippen LogP contribution in [0.5, 0.6) is 0 Å². The molecular formula is C19H17F3N2O3. The molecule has 2 unspecified atom stereocenters. The summed E-state index contributed by atoms with van der Waals surface area (Å²) >= 11 is 0. The Morgan fingerprint density at radius 3 is 2.37 bits per heavy atom. The van der Waals surface area contributed by atoms with Crippen LogP contribution >= 0.6 is 0 Å². The van der Waals surface area contributed by atoms with E-state index in [1.165, 1.54) is 24.3 Å². The number of benzene rings is 2. The number of aliphatic hydroxyl groups is 1. The predicted octanol–water partition coefficient (Wildman–Crippen LogP) is 2.31. The number of anilines is 1. The zero-order valence-corrected chi connectivity index (χ0v) is 14.2. The third-order valence-corrected chi connectivity index (χ3v) is 4.38. The molecule has 1 heterocycles. The molecule has 1 aliphatic heterocycles. The lowest BCUT2D eigenvalue weighted by atomic mass is 10.1. The Morgan fingerprint density at radius 1 is 1.11 bits per heavy atom. The van der Waals surface area contributed by atoms with Gasteiger partial charge in [-0.05, 0) is 29.8 Å². The van der Waals surface area contributed by atoms with E-state index in [-0.39, 0.29) is 25.2 Å². The summed E-state index contributed by atoms with van der Waals surface area (Å²) in [5, 5.41) is 12.6. The van der Waals surface area contributed by atoms with Crippen molar-refractivity contribution in [2.24, 2.45) is 5.92 Å². The van der Waals surface area contributed by atoms with Gasteiger partial charge in [0.05, 0.1) is 12.0 Å². The first-order valence-corrected chi connectivity index (χ1v) is 8.31. The first-order valence-electron chi connectivity index (χ1n) is 8.31. The first-order chi connectivity index (χ1) is 12.8. The molecule has 0 bridgehead atoms. The van der Waals surface area contributed by atoms with Crippen LogP contribution in [-0.4, -0.2) is 30.0 Å². The highest BCUT2D eigenvalue weighted by Gasteiger charge is 2.35. The fourth-order valence-corrected chi connectivity index (χ4v) is 2.97. The molecule has 0 spiro atoms. The van der Waals surface area contributed by atoms with E-state index in [4.69, 9.17) is 0 Å². The number of hydrogen-bond donors (Lipinski definition) is 2. The number of carbonyl (C=O) groups excluding carboxylic acids is 2. The maximum atomic E-state index is 13.4. The summed E-state index contributed by atoms with van der Waals surface area (Å²) < 4.78 is 39.6. The van der Waals surface area contributed by atoms with Crippen molar-refractivity contribution in [2.75, 3.05) is 18.0 Å². The van der Waals surface area contributed by atoms with Crippen LogP contribution in [0.1, 0.15) is 18.1 Å². The van der Waals surface area contributed by atoms with Crippen LogP contribution in [0.25, 0.3) is 0 Å². The van der Waals surface area contributed by atoms with Crippen molar-refractivity contribution in [2.45, 2.75) is 12.5 Å². The smallest absolute Gasteiger partial charge is 0.227 e. The van der Waals surface area contributed by atoms with Crippen molar-refractivity contribution < 1.29 is 27.9 Å². The van der Waals surface area contributed by atoms with E-state index in [9.17, 15) is 27.9 Å². The molecule has 2 amide bonds. The number of amides is 2. The van der Waals surface area contributed by atoms with Gasteiger partial charge in [0, 0.05) is 31.3 Å². The van der Waals surface area contributed by atoms with Crippen molar-refractivity contribution in [1.82, 2.24) is 5.32 Å². The molecule has 0 aliphatic carbocycles. The maximum absolute atomic E-state index is 13.4. The van der Waals surface area contributed by atoms with E-state index < -0.39 is 41.3 Å². The fraction of sp³-hybridized carbons (Fsp3) is 0.263. The minimum absolute atomic E-state index is 0.0137. The molecule has 0 radical (unpaired) electrons. The lowest BCUT2D eigenvalue weighted by Gasteiger charge is -2.17. The maximum Gasteiger partial charge on any atom is 0.227 e. The summed E-state index contributed by atoms with van der Waals surface area (Å²) in [6.07, 6.45) is -1.13. The van der Waals surface area contributed by atoms with Gasteiger partial charge in [0.2, 0.25) is 11.8 Å². The average Bonchev–Trinajstić information content (AvgIpc) is 3.01.